The Kier molecular flexibility index (Phi) is 9.75. The first-order valence-corrected chi connectivity index (χ1v) is 11.1. The van der Waals surface area contributed by atoms with Gasteiger partial charge >= 0.3 is 11.9 Å². The van der Waals surface area contributed by atoms with Crippen molar-refractivity contribution >= 4 is 23.5 Å². The van der Waals surface area contributed by atoms with Gasteiger partial charge in [0.15, 0.2) is 11.6 Å². The average Bonchev–Trinajstić information content (AvgIpc) is 2.67. The molecule has 0 aromatic carbocycles. The van der Waals surface area contributed by atoms with E-state index in [9.17, 15) is 19.2 Å². The van der Waals surface area contributed by atoms with E-state index in [0.29, 0.717) is 32.8 Å². The Labute approximate surface area is 190 Å². The van der Waals surface area contributed by atoms with Crippen LogP contribution in [-0.4, -0.2) is 135 Å². The molecular formula is C22H38N4O6. The van der Waals surface area contributed by atoms with Crippen molar-refractivity contribution in [3.05, 3.63) is 0 Å². The number of nitrogens with zero attached hydrogens (tertiary/aromatic N) is 4. The van der Waals surface area contributed by atoms with Gasteiger partial charge in [0.2, 0.25) is 0 Å². The highest BCUT2D eigenvalue weighted by Gasteiger charge is 2.34. The van der Waals surface area contributed by atoms with Crippen LogP contribution in [0.25, 0.3) is 0 Å². The molecule has 182 valence electrons. The van der Waals surface area contributed by atoms with Gasteiger partial charge in [0.05, 0.1) is 31.7 Å². The minimum absolute atomic E-state index is 0.0107. The maximum absolute atomic E-state index is 12.7. The molecular weight excluding hydrogens is 416 g/mol. The SMILES string of the molecule is CN1CCN(C)CC(=O)O[C@H](CC(=O)CN(C)CCN2CC(=O)OCC2(C)C)CC(=O)C1. The van der Waals surface area contributed by atoms with E-state index >= 15 is 0 Å². The first-order valence-electron chi connectivity index (χ1n) is 11.1. The molecule has 0 aliphatic carbocycles. The average molecular weight is 455 g/mol. The maximum atomic E-state index is 12.7. The van der Waals surface area contributed by atoms with Crippen LogP contribution in [-0.2, 0) is 28.7 Å². The highest BCUT2D eigenvalue weighted by atomic mass is 16.5. The fourth-order valence-corrected chi connectivity index (χ4v) is 3.85. The largest absolute Gasteiger partial charge is 0.463 e. The fraction of sp³-hybridized carbons (Fsp3) is 0.818. The summed E-state index contributed by atoms with van der Waals surface area (Å²) >= 11 is 0. The topological polar surface area (TPSA) is 99.7 Å². The number of hydrogen-bond donors (Lipinski definition) is 0. The Bertz CT molecular complexity index is 672. The summed E-state index contributed by atoms with van der Waals surface area (Å²) in [6.45, 7) is 7.75. The third-order valence-corrected chi connectivity index (χ3v) is 5.88. The van der Waals surface area contributed by atoms with Crippen LogP contribution < -0.4 is 0 Å². The summed E-state index contributed by atoms with van der Waals surface area (Å²) < 4.78 is 10.6. The number of Topliss-reactive ketones (excluding diaryl/α,β-unsaturated/α-hetero) is 2. The third kappa shape index (κ3) is 8.93. The highest BCUT2D eigenvalue weighted by Crippen LogP contribution is 2.19. The number of hydrogen-bond acceptors (Lipinski definition) is 10. The lowest BCUT2D eigenvalue weighted by Gasteiger charge is -2.41. The Balaban J connectivity index is 1.87. The summed E-state index contributed by atoms with van der Waals surface area (Å²) in [4.78, 5) is 56.6. The normalized spacial score (nSPS) is 24.7. The van der Waals surface area contributed by atoms with E-state index in [1.807, 2.05) is 49.7 Å². The molecule has 0 aromatic heterocycles. The van der Waals surface area contributed by atoms with E-state index in [0.717, 1.165) is 0 Å². The van der Waals surface area contributed by atoms with E-state index in [2.05, 4.69) is 4.90 Å². The molecule has 0 N–H and O–H groups in total. The van der Waals surface area contributed by atoms with Crippen molar-refractivity contribution in [3.8, 4) is 0 Å². The minimum Gasteiger partial charge on any atom is -0.463 e. The first kappa shape index (κ1) is 26.4. The van der Waals surface area contributed by atoms with Crippen molar-refractivity contribution < 1.29 is 28.7 Å². The van der Waals surface area contributed by atoms with Crippen molar-refractivity contribution in [1.82, 2.24) is 19.6 Å². The molecule has 0 aromatic rings. The standard InChI is InChI=1S/C22H38N4O6/c1-22(2)16-31-20(29)15-26(22)9-8-24(4)13-18(28)11-19-10-17(27)12-23(3)6-7-25(5)14-21(30)32-19/h19H,6-16H2,1-5H3/t19-/m0/s1. The zero-order valence-electron chi connectivity index (χ0n) is 20.1. The number of morpholine rings is 1. The molecule has 2 rings (SSSR count). The van der Waals surface area contributed by atoms with Gasteiger partial charge in [-0.2, -0.15) is 0 Å². The molecule has 0 spiro atoms. The maximum Gasteiger partial charge on any atom is 0.320 e. The monoisotopic (exact) mass is 454 g/mol. The third-order valence-electron chi connectivity index (χ3n) is 5.88. The number of likely N-dealkylation sites (N-methyl/N-ethyl adjacent to an activating group) is 3. The van der Waals surface area contributed by atoms with Crippen LogP contribution in [0.15, 0.2) is 0 Å². The van der Waals surface area contributed by atoms with Crippen LogP contribution in [0, 0.1) is 0 Å². The van der Waals surface area contributed by atoms with E-state index in [1.54, 1.807) is 0 Å². The smallest absolute Gasteiger partial charge is 0.320 e. The number of ketones is 2. The predicted octanol–water partition coefficient (Wildman–Crippen LogP) is -0.737. The molecule has 2 aliphatic heterocycles. The van der Waals surface area contributed by atoms with Crippen molar-refractivity contribution in [1.29, 1.82) is 0 Å². The second-order valence-corrected chi connectivity index (χ2v) is 9.71. The molecule has 10 heteroatoms. The van der Waals surface area contributed by atoms with Gasteiger partial charge in [0.1, 0.15) is 12.7 Å². The van der Waals surface area contributed by atoms with Crippen molar-refractivity contribution in [2.45, 2.75) is 38.3 Å². The molecule has 0 bridgehead atoms. The summed E-state index contributed by atoms with van der Waals surface area (Å²) in [5.41, 5.74) is -0.248. The first-order chi connectivity index (χ1) is 14.9. The van der Waals surface area contributed by atoms with Crippen LogP contribution in [0.3, 0.4) is 0 Å². The van der Waals surface area contributed by atoms with Gasteiger partial charge in [-0.3, -0.25) is 38.8 Å². The van der Waals surface area contributed by atoms with Crippen LogP contribution in [0.2, 0.25) is 0 Å². The summed E-state index contributed by atoms with van der Waals surface area (Å²) in [5.74, 6) is -0.796. The van der Waals surface area contributed by atoms with Gasteiger partial charge in [-0.05, 0) is 35.0 Å². The molecule has 0 unspecified atom stereocenters. The summed E-state index contributed by atoms with van der Waals surface area (Å²) in [6, 6.07) is 0. The number of carbonyl (C=O) groups excluding carboxylic acids is 4. The summed E-state index contributed by atoms with van der Waals surface area (Å²) in [7, 11) is 5.53. The molecule has 2 fully saturated rings. The van der Waals surface area contributed by atoms with Crippen LogP contribution in [0.4, 0.5) is 0 Å². The van der Waals surface area contributed by atoms with Gasteiger partial charge in [-0.25, -0.2) is 0 Å². The molecule has 2 aliphatic rings. The lowest BCUT2D eigenvalue weighted by Crippen LogP contribution is -2.56. The number of ether oxygens (including phenoxy) is 2. The summed E-state index contributed by atoms with van der Waals surface area (Å²) in [6.07, 6.45) is -0.692. The summed E-state index contributed by atoms with van der Waals surface area (Å²) in [5, 5.41) is 0. The minimum atomic E-state index is -0.744. The fourth-order valence-electron chi connectivity index (χ4n) is 3.85. The number of carbonyl (C=O) groups is 4. The highest BCUT2D eigenvalue weighted by molar-refractivity contribution is 5.85. The number of cyclic esters (lactones) is 2. The Hall–Kier alpha value is -1.88. The molecule has 0 amide bonds. The molecule has 2 heterocycles. The van der Waals surface area contributed by atoms with Gasteiger partial charge in [0.25, 0.3) is 0 Å². The van der Waals surface area contributed by atoms with Gasteiger partial charge in [0, 0.05) is 39.0 Å². The molecule has 10 nitrogen and oxygen atoms in total. The van der Waals surface area contributed by atoms with Gasteiger partial charge in [-0.1, -0.05) is 0 Å². The Morgan fingerprint density at radius 2 is 1.72 bits per heavy atom. The van der Waals surface area contributed by atoms with E-state index in [-0.39, 0.29) is 62.1 Å². The Morgan fingerprint density at radius 3 is 2.41 bits per heavy atom. The lowest BCUT2D eigenvalue weighted by molar-refractivity contribution is -0.160. The van der Waals surface area contributed by atoms with Gasteiger partial charge in [-0.15, -0.1) is 0 Å². The number of rotatable bonds is 7. The quantitative estimate of drug-likeness (QED) is 0.458. The van der Waals surface area contributed by atoms with E-state index in [1.165, 1.54) is 0 Å². The van der Waals surface area contributed by atoms with Crippen molar-refractivity contribution in [2.24, 2.45) is 0 Å². The molecule has 0 radical (unpaired) electrons. The molecule has 2 saturated heterocycles. The zero-order chi connectivity index (χ0) is 23.9. The zero-order valence-corrected chi connectivity index (χ0v) is 20.1. The van der Waals surface area contributed by atoms with Crippen molar-refractivity contribution in [2.75, 3.05) is 80.1 Å². The second kappa shape index (κ2) is 11.8. The second-order valence-electron chi connectivity index (χ2n) is 9.71. The molecule has 32 heavy (non-hydrogen) atoms. The molecule has 1 atom stereocenters. The van der Waals surface area contributed by atoms with E-state index < -0.39 is 12.1 Å². The lowest BCUT2D eigenvalue weighted by atomic mass is 10.0. The number of esters is 2. The van der Waals surface area contributed by atoms with Crippen LogP contribution in [0.1, 0.15) is 26.7 Å². The van der Waals surface area contributed by atoms with Crippen LogP contribution in [0.5, 0.6) is 0 Å². The molecule has 0 saturated carbocycles. The van der Waals surface area contributed by atoms with E-state index in [4.69, 9.17) is 9.47 Å². The van der Waals surface area contributed by atoms with Crippen molar-refractivity contribution in [3.63, 3.8) is 0 Å². The van der Waals surface area contributed by atoms with Gasteiger partial charge < -0.3 is 9.47 Å². The predicted molar refractivity (Wildman–Crippen MR) is 118 cm³/mol. The Morgan fingerprint density at radius 1 is 1.06 bits per heavy atom. The van der Waals surface area contributed by atoms with Crippen LogP contribution >= 0.6 is 0 Å².